The first-order valence-electron chi connectivity index (χ1n) is 6.95. The molecular formula is C17H15ClN4O. The number of ether oxygens (including phenoxy) is 1. The third-order valence-electron chi connectivity index (χ3n) is 3.38. The van der Waals surface area contributed by atoms with Gasteiger partial charge in [-0.2, -0.15) is 0 Å². The van der Waals surface area contributed by atoms with Gasteiger partial charge in [0.05, 0.1) is 18.5 Å². The molecule has 3 aromatic rings. The molecule has 2 aromatic carbocycles. The third-order valence-corrected chi connectivity index (χ3v) is 3.63. The Kier molecular flexibility index (Phi) is 4.41. The Morgan fingerprint density at radius 2 is 1.43 bits per heavy atom. The van der Waals surface area contributed by atoms with E-state index in [9.17, 15) is 0 Å². The molecule has 0 unspecified atom stereocenters. The summed E-state index contributed by atoms with van der Waals surface area (Å²) in [5, 5.41) is 0.676. The average Bonchev–Trinajstić information content (AvgIpc) is 2.62. The number of nitrogens with two attached hydrogens (primary N) is 1. The number of hydrogen-bond acceptors (Lipinski definition) is 5. The van der Waals surface area contributed by atoms with Crippen molar-refractivity contribution in [1.82, 2.24) is 9.97 Å². The minimum absolute atomic E-state index is 0.350. The highest BCUT2D eigenvalue weighted by atomic mass is 35.5. The van der Waals surface area contributed by atoms with Crippen molar-refractivity contribution in [3.05, 3.63) is 59.6 Å². The Balaban J connectivity index is 2.06. The van der Waals surface area contributed by atoms with Crippen LogP contribution in [-0.4, -0.2) is 17.1 Å². The summed E-state index contributed by atoms with van der Waals surface area (Å²) in [4.78, 5) is 8.80. The Bertz CT molecular complexity index is 804. The molecular weight excluding hydrogens is 312 g/mol. The van der Waals surface area contributed by atoms with Crippen molar-refractivity contribution < 1.29 is 4.74 Å². The highest BCUT2D eigenvalue weighted by Crippen LogP contribution is 2.27. The van der Waals surface area contributed by atoms with Crippen LogP contribution in [0.25, 0.3) is 22.5 Å². The van der Waals surface area contributed by atoms with Gasteiger partial charge in [-0.3, -0.25) is 5.43 Å². The molecule has 23 heavy (non-hydrogen) atoms. The quantitative estimate of drug-likeness (QED) is 0.564. The Hall–Kier alpha value is -2.63. The first-order chi connectivity index (χ1) is 11.2. The second kappa shape index (κ2) is 6.64. The zero-order valence-electron chi connectivity index (χ0n) is 12.5. The van der Waals surface area contributed by atoms with Crippen molar-refractivity contribution in [2.45, 2.75) is 0 Å². The second-order valence-electron chi connectivity index (χ2n) is 4.84. The molecule has 6 heteroatoms. The van der Waals surface area contributed by atoms with Crippen molar-refractivity contribution in [2.75, 3.05) is 12.5 Å². The van der Waals surface area contributed by atoms with Crippen LogP contribution >= 0.6 is 11.6 Å². The first-order valence-corrected chi connectivity index (χ1v) is 7.33. The van der Waals surface area contributed by atoms with E-state index >= 15 is 0 Å². The number of benzene rings is 2. The third kappa shape index (κ3) is 3.41. The van der Waals surface area contributed by atoms with Crippen LogP contribution in [0.4, 0.5) is 5.95 Å². The molecule has 0 saturated heterocycles. The molecule has 0 radical (unpaired) electrons. The van der Waals surface area contributed by atoms with E-state index in [1.54, 1.807) is 7.11 Å². The molecule has 1 heterocycles. The summed E-state index contributed by atoms with van der Waals surface area (Å²) in [5.74, 6) is 6.64. The van der Waals surface area contributed by atoms with Crippen molar-refractivity contribution in [3.63, 3.8) is 0 Å². The van der Waals surface area contributed by atoms with Crippen LogP contribution in [-0.2, 0) is 0 Å². The molecule has 0 aliphatic carbocycles. The van der Waals surface area contributed by atoms with Crippen LogP contribution in [0.2, 0.25) is 5.02 Å². The van der Waals surface area contributed by atoms with Gasteiger partial charge in [-0.05, 0) is 42.5 Å². The molecule has 5 nitrogen and oxygen atoms in total. The van der Waals surface area contributed by atoms with E-state index in [4.69, 9.17) is 22.2 Å². The van der Waals surface area contributed by atoms with Gasteiger partial charge in [-0.15, -0.1) is 0 Å². The Morgan fingerprint density at radius 3 is 1.91 bits per heavy atom. The first kappa shape index (κ1) is 15.3. The zero-order valence-corrected chi connectivity index (χ0v) is 13.2. The van der Waals surface area contributed by atoms with E-state index in [0.717, 1.165) is 28.3 Å². The second-order valence-corrected chi connectivity index (χ2v) is 5.28. The molecule has 0 aliphatic heterocycles. The smallest absolute Gasteiger partial charge is 0.238 e. The van der Waals surface area contributed by atoms with Crippen LogP contribution < -0.4 is 16.0 Å². The number of nitrogens with zero attached hydrogens (tertiary/aromatic N) is 2. The lowest BCUT2D eigenvalue weighted by molar-refractivity contribution is 0.415. The zero-order chi connectivity index (χ0) is 16.2. The predicted octanol–water partition coefficient (Wildman–Crippen LogP) is 3.76. The number of aromatic nitrogens is 2. The predicted molar refractivity (Wildman–Crippen MR) is 92.3 cm³/mol. The monoisotopic (exact) mass is 326 g/mol. The van der Waals surface area contributed by atoms with Crippen molar-refractivity contribution in [2.24, 2.45) is 5.84 Å². The number of hydrazine groups is 1. The fraction of sp³-hybridized carbons (Fsp3) is 0.0588. The normalized spacial score (nSPS) is 10.4. The number of halogens is 1. The van der Waals surface area contributed by atoms with Gasteiger partial charge in [0.25, 0.3) is 0 Å². The van der Waals surface area contributed by atoms with Crippen molar-refractivity contribution in [1.29, 1.82) is 0 Å². The molecule has 0 bridgehead atoms. The molecule has 3 rings (SSSR count). The maximum absolute atomic E-state index is 5.94. The standard InChI is InChI=1S/C17H15ClN4O/c1-23-14-8-4-12(5-9-14)16-10-15(20-17(21-16)22-19)11-2-6-13(18)7-3-11/h2-10H,19H2,1H3,(H,20,21,22). The topological polar surface area (TPSA) is 73.1 Å². The fourth-order valence-corrected chi connectivity index (χ4v) is 2.32. The van der Waals surface area contributed by atoms with E-state index in [0.29, 0.717) is 11.0 Å². The lowest BCUT2D eigenvalue weighted by atomic mass is 10.1. The highest BCUT2D eigenvalue weighted by Gasteiger charge is 2.08. The average molecular weight is 327 g/mol. The van der Waals surface area contributed by atoms with Crippen LogP contribution in [0, 0.1) is 0 Å². The SMILES string of the molecule is COc1ccc(-c2cc(-c3ccc(Cl)cc3)nc(NN)n2)cc1. The van der Waals surface area contributed by atoms with Crippen molar-refractivity contribution >= 4 is 17.5 Å². The minimum atomic E-state index is 0.350. The number of hydrogen-bond donors (Lipinski definition) is 2. The minimum Gasteiger partial charge on any atom is -0.497 e. The van der Waals surface area contributed by atoms with Crippen LogP contribution in [0.3, 0.4) is 0 Å². The highest BCUT2D eigenvalue weighted by molar-refractivity contribution is 6.30. The van der Waals surface area contributed by atoms with E-state index in [2.05, 4.69) is 15.4 Å². The van der Waals surface area contributed by atoms with Gasteiger partial charge in [0.2, 0.25) is 5.95 Å². The summed E-state index contributed by atoms with van der Waals surface area (Å²) in [7, 11) is 1.63. The van der Waals surface area contributed by atoms with E-state index in [1.165, 1.54) is 0 Å². The molecule has 3 N–H and O–H groups in total. The molecule has 0 aliphatic rings. The number of methoxy groups -OCH3 is 1. The van der Waals surface area contributed by atoms with Crippen LogP contribution in [0.15, 0.2) is 54.6 Å². The van der Waals surface area contributed by atoms with E-state index in [1.807, 2.05) is 54.6 Å². The van der Waals surface area contributed by atoms with Gasteiger partial charge in [0.15, 0.2) is 0 Å². The van der Waals surface area contributed by atoms with Gasteiger partial charge in [0.1, 0.15) is 5.75 Å². The fourth-order valence-electron chi connectivity index (χ4n) is 2.19. The summed E-state index contributed by atoms with van der Waals surface area (Å²) < 4.78 is 5.18. The molecule has 0 saturated carbocycles. The lowest BCUT2D eigenvalue weighted by Crippen LogP contribution is -2.11. The number of nitrogen functional groups attached to an aromatic ring is 1. The van der Waals surface area contributed by atoms with Gasteiger partial charge >= 0.3 is 0 Å². The molecule has 0 fully saturated rings. The van der Waals surface area contributed by atoms with Crippen LogP contribution in [0.5, 0.6) is 5.75 Å². The molecule has 1 aromatic heterocycles. The van der Waals surface area contributed by atoms with Crippen molar-refractivity contribution in [3.8, 4) is 28.3 Å². The van der Waals surface area contributed by atoms with Gasteiger partial charge in [-0.1, -0.05) is 23.7 Å². The number of rotatable bonds is 4. The molecule has 0 atom stereocenters. The van der Waals surface area contributed by atoms with E-state index in [-0.39, 0.29) is 0 Å². The number of nitrogens with one attached hydrogen (secondary N) is 1. The number of anilines is 1. The maximum Gasteiger partial charge on any atom is 0.238 e. The summed E-state index contributed by atoms with van der Waals surface area (Å²) in [6, 6.07) is 17.0. The summed E-state index contributed by atoms with van der Waals surface area (Å²) >= 11 is 5.94. The Morgan fingerprint density at radius 1 is 0.913 bits per heavy atom. The lowest BCUT2D eigenvalue weighted by Gasteiger charge is -2.09. The van der Waals surface area contributed by atoms with Crippen LogP contribution in [0.1, 0.15) is 0 Å². The van der Waals surface area contributed by atoms with Gasteiger partial charge in [0, 0.05) is 16.1 Å². The van der Waals surface area contributed by atoms with Gasteiger partial charge in [-0.25, -0.2) is 15.8 Å². The van der Waals surface area contributed by atoms with E-state index < -0.39 is 0 Å². The summed E-state index contributed by atoms with van der Waals surface area (Å²) in [6.07, 6.45) is 0. The van der Waals surface area contributed by atoms with Gasteiger partial charge < -0.3 is 4.74 Å². The maximum atomic E-state index is 5.94. The molecule has 0 amide bonds. The largest absolute Gasteiger partial charge is 0.497 e. The summed E-state index contributed by atoms with van der Waals surface area (Å²) in [5.41, 5.74) is 5.91. The Labute approximate surface area is 139 Å². The molecule has 116 valence electrons. The summed E-state index contributed by atoms with van der Waals surface area (Å²) in [6.45, 7) is 0. The molecule has 0 spiro atoms.